The third-order valence-corrected chi connectivity index (χ3v) is 2.92. The molecule has 1 aromatic carbocycles. The summed E-state index contributed by atoms with van der Waals surface area (Å²) in [6.45, 7) is 13.0. The van der Waals surface area contributed by atoms with Crippen LogP contribution in [-0.2, 0) is 0 Å². The van der Waals surface area contributed by atoms with Crippen LogP contribution in [0.1, 0.15) is 43.6 Å². The van der Waals surface area contributed by atoms with Crippen molar-refractivity contribution in [2.24, 2.45) is 11.8 Å². The minimum Gasteiger partial charge on any atom is -0.371 e. The smallest absolute Gasteiger partial charge is 0.150 e. The van der Waals surface area contributed by atoms with Crippen LogP contribution >= 0.6 is 0 Å². The third-order valence-electron chi connectivity index (χ3n) is 2.92. The largest absolute Gasteiger partial charge is 0.371 e. The van der Waals surface area contributed by atoms with E-state index in [0.29, 0.717) is 11.8 Å². The van der Waals surface area contributed by atoms with Crippen LogP contribution in [0, 0.1) is 18.8 Å². The first-order valence-corrected chi connectivity index (χ1v) is 6.74. The van der Waals surface area contributed by atoms with Gasteiger partial charge in [-0.3, -0.25) is 4.79 Å². The lowest BCUT2D eigenvalue weighted by Gasteiger charge is -2.29. The van der Waals surface area contributed by atoms with Gasteiger partial charge >= 0.3 is 0 Å². The summed E-state index contributed by atoms with van der Waals surface area (Å²) in [5.41, 5.74) is 3.06. The van der Waals surface area contributed by atoms with Gasteiger partial charge in [0, 0.05) is 24.3 Å². The third kappa shape index (κ3) is 4.17. The lowest BCUT2D eigenvalue weighted by Crippen LogP contribution is -2.31. The molecule has 1 rings (SSSR count). The van der Waals surface area contributed by atoms with Crippen LogP contribution in [0.3, 0.4) is 0 Å². The molecular formula is C16H25NO. The summed E-state index contributed by atoms with van der Waals surface area (Å²) in [6, 6.07) is 6.10. The zero-order valence-electron chi connectivity index (χ0n) is 12.2. The summed E-state index contributed by atoms with van der Waals surface area (Å²) in [5.74, 6) is 1.27. The molecule has 0 radical (unpaired) electrons. The Morgan fingerprint density at radius 2 is 1.67 bits per heavy atom. The highest BCUT2D eigenvalue weighted by Crippen LogP contribution is 2.20. The zero-order valence-corrected chi connectivity index (χ0v) is 12.2. The minimum absolute atomic E-state index is 0.634. The molecule has 1 aromatic rings. The number of nitrogens with zero attached hydrogens (tertiary/aromatic N) is 1. The van der Waals surface area contributed by atoms with Gasteiger partial charge in [0.1, 0.15) is 6.29 Å². The molecular weight excluding hydrogens is 222 g/mol. The van der Waals surface area contributed by atoms with Crippen molar-refractivity contribution in [1.82, 2.24) is 0 Å². The van der Waals surface area contributed by atoms with E-state index >= 15 is 0 Å². The first-order valence-electron chi connectivity index (χ1n) is 6.74. The van der Waals surface area contributed by atoms with Crippen molar-refractivity contribution >= 4 is 12.0 Å². The van der Waals surface area contributed by atoms with Gasteiger partial charge in [0.2, 0.25) is 0 Å². The molecule has 0 heterocycles. The summed E-state index contributed by atoms with van der Waals surface area (Å²) in [7, 11) is 0. The van der Waals surface area contributed by atoms with E-state index < -0.39 is 0 Å². The molecule has 0 aliphatic rings. The van der Waals surface area contributed by atoms with Crippen molar-refractivity contribution < 1.29 is 4.79 Å². The van der Waals surface area contributed by atoms with Crippen molar-refractivity contribution in [3.05, 3.63) is 29.3 Å². The van der Waals surface area contributed by atoms with Gasteiger partial charge in [-0.05, 0) is 42.5 Å². The molecule has 2 heteroatoms. The number of anilines is 1. The van der Waals surface area contributed by atoms with E-state index in [-0.39, 0.29) is 0 Å². The second-order valence-corrected chi connectivity index (χ2v) is 5.85. The Hall–Kier alpha value is -1.31. The first-order chi connectivity index (χ1) is 8.43. The van der Waals surface area contributed by atoms with Gasteiger partial charge in [-0.2, -0.15) is 0 Å². The predicted octanol–water partition coefficient (Wildman–Crippen LogP) is 3.93. The van der Waals surface area contributed by atoms with E-state index in [9.17, 15) is 4.79 Å². The standard InChI is InChI=1S/C16H25NO/c1-12(2)9-17(10-13(3)4)16-7-6-15(11-18)14(5)8-16/h6-8,11-13H,9-10H2,1-5H3. The highest BCUT2D eigenvalue weighted by molar-refractivity contribution is 5.78. The van der Waals surface area contributed by atoms with Gasteiger partial charge in [0.05, 0.1) is 0 Å². The highest BCUT2D eigenvalue weighted by Gasteiger charge is 2.11. The molecule has 18 heavy (non-hydrogen) atoms. The lowest BCUT2D eigenvalue weighted by atomic mass is 10.1. The first kappa shape index (κ1) is 14.7. The maximum Gasteiger partial charge on any atom is 0.150 e. The molecule has 0 amide bonds. The van der Waals surface area contributed by atoms with Crippen LogP contribution in [0.4, 0.5) is 5.69 Å². The molecule has 0 fully saturated rings. The van der Waals surface area contributed by atoms with Gasteiger partial charge in [0.15, 0.2) is 0 Å². The minimum atomic E-state index is 0.634. The monoisotopic (exact) mass is 247 g/mol. The fourth-order valence-corrected chi connectivity index (χ4v) is 2.16. The van der Waals surface area contributed by atoms with E-state index in [1.54, 1.807) is 0 Å². The van der Waals surface area contributed by atoms with Crippen LogP contribution in [0.5, 0.6) is 0 Å². The lowest BCUT2D eigenvalue weighted by molar-refractivity contribution is 0.112. The normalized spacial score (nSPS) is 11.1. The van der Waals surface area contributed by atoms with Crippen molar-refractivity contribution in [2.45, 2.75) is 34.6 Å². The molecule has 0 bridgehead atoms. The van der Waals surface area contributed by atoms with E-state index in [0.717, 1.165) is 30.5 Å². The van der Waals surface area contributed by atoms with Crippen LogP contribution in [0.2, 0.25) is 0 Å². The number of hydrogen-bond donors (Lipinski definition) is 0. The summed E-state index contributed by atoms with van der Waals surface area (Å²) in [6.07, 6.45) is 0.925. The summed E-state index contributed by atoms with van der Waals surface area (Å²) >= 11 is 0. The molecule has 100 valence electrons. The Morgan fingerprint density at radius 3 is 2.06 bits per heavy atom. The van der Waals surface area contributed by atoms with E-state index in [4.69, 9.17) is 0 Å². The van der Waals surface area contributed by atoms with E-state index in [1.165, 1.54) is 5.69 Å². The molecule has 0 saturated heterocycles. The quantitative estimate of drug-likeness (QED) is 0.710. The van der Waals surface area contributed by atoms with Crippen LogP contribution in [0.15, 0.2) is 18.2 Å². The molecule has 0 aliphatic heterocycles. The van der Waals surface area contributed by atoms with Gasteiger partial charge in [-0.15, -0.1) is 0 Å². The van der Waals surface area contributed by atoms with E-state index in [2.05, 4.69) is 44.7 Å². The molecule has 0 aromatic heterocycles. The SMILES string of the molecule is Cc1cc(N(CC(C)C)CC(C)C)ccc1C=O. The van der Waals surface area contributed by atoms with Crippen LogP contribution in [-0.4, -0.2) is 19.4 Å². The number of rotatable bonds is 6. The van der Waals surface area contributed by atoms with Crippen LogP contribution < -0.4 is 4.90 Å². The fourth-order valence-electron chi connectivity index (χ4n) is 2.16. The number of carbonyl (C=O) groups excluding carboxylic acids is 1. The summed E-state index contributed by atoms with van der Waals surface area (Å²) < 4.78 is 0. The Labute approximate surface area is 111 Å². The zero-order chi connectivity index (χ0) is 13.7. The Balaban J connectivity index is 2.97. The van der Waals surface area contributed by atoms with Gasteiger partial charge in [-0.1, -0.05) is 27.7 Å². The molecule has 0 unspecified atom stereocenters. The van der Waals surface area contributed by atoms with Crippen LogP contribution in [0.25, 0.3) is 0 Å². The second-order valence-electron chi connectivity index (χ2n) is 5.85. The molecule has 0 saturated carbocycles. The highest BCUT2D eigenvalue weighted by atomic mass is 16.1. The van der Waals surface area contributed by atoms with E-state index in [1.807, 2.05) is 13.0 Å². The average molecular weight is 247 g/mol. The second kappa shape index (κ2) is 6.58. The Morgan fingerprint density at radius 1 is 1.11 bits per heavy atom. The fraction of sp³-hybridized carbons (Fsp3) is 0.562. The molecule has 0 spiro atoms. The molecule has 0 N–H and O–H groups in total. The summed E-state index contributed by atoms with van der Waals surface area (Å²) in [4.78, 5) is 13.3. The van der Waals surface area contributed by atoms with Crippen molar-refractivity contribution in [3.63, 3.8) is 0 Å². The topological polar surface area (TPSA) is 20.3 Å². The maximum atomic E-state index is 10.9. The van der Waals surface area contributed by atoms with Gasteiger partial charge in [-0.25, -0.2) is 0 Å². The number of benzene rings is 1. The average Bonchev–Trinajstić information content (AvgIpc) is 2.26. The van der Waals surface area contributed by atoms with Crippen molar-refractivity contribution in [3.8, 4) is 0 Å². The molecule has 0 atom stereocenters. The van der Waals surface area contributed by atoms with Gasteiger partial charge < -0.3 is 4.90 Å². The molecule has 0 aliphatic carbocycles. The maximum absolute atomic E-state index is 10.9. The Kier molecular flexibility index (Phi) is 5.39. The Bertz CT molecular complexity index is 386. The van der Waals surface area contributed by atoms with Crippen molar-refractivity contribution in [1.29, 1.82) is 0 Å². The molecule has 2 nitrogen and oxygen atoms in total. The number of aldehydes is 1. The van der Waals surface area contributed by atoms with Crippen molar-refractivity contribution in [2.75, 3.05) is 18.0 Å². The number of carbonyl (C=O) groups is 1. The summed E-state index contributed by atoms with van der Waals surface area (Å²) in [5, 5.41) is 0. The van der Waals surface area contributed by atoms with Gasteiger partial charge in [0.25, 0.3) is 0 Å². The predicted molar refractivity (Wildman–Crippen MR) is 78.5 cm³/mol. The number of hydrogen-bond acceptors (Lipinski definition) is 2. The number of aryl methyl sites for hydroxylation is 1.